The first-order valence-corrected chi connectivity index (χ1v) is 20.5. The highest BCUT2D eigenvalue weighted by molar-refractivity contribution is 5.81. The molecule has 9 unspecified atom stereocenters. The van der Waals surface area contributed by atoms with E-state index in [1.54, 1.807) is 5.57 Å². The van der Waals surface area contributed by atoms with Gasteiger partial charge in [-0.15, -0.1) is 0 Å². The Balaban J connectivity index is 1.31. The van der Waals surface area contributed by atoms with Crippen LogP contribution in [0.1, 0.15) is 166 Å². The molecule has 0 saturated heterocycles. The van der Waals surface area contributed by atoms with E-state index >= 15 is 0 Å². The number of rotatable bonds is 16. The highest BCUT2D eigenvalue weighted by Crippen LogP contribution is 2.67. The van der Waals surface area contributed by atoms with Gasteiger partial charge in [-0.1, -0.05) is 66.0 Å². The van der Waals surface area contributed by atoms with Gasteiger partial charge >= 0.3 is 5.97 Å². The lowest BCUT2D eigenvalue weighted by Crippen LogP contribution is -2.51. The van der Waals surface area contributed by atoms with Crippen LogP contribution in [0.2, 0.25) is 0 Å². The number of nitrogens with two attached hydrogens (primary N) is 2. The fraction of sp³-hybridized carbons (Fsp3) is 0.907. The molecule has 0 aromatic heterocycles. The number of allylic oxidation sites excluding steroid dienone is 1. The van der Waals surface area contributed by atoms with Crippen molar-refractivity contribution in [1.29, 1.82) is 0 Å². The molecule has 3 fully saturated rings. The van der Waals surface area contributed by atoms with Gasteiger partial charge in [-0.25, -0.2) is 0 Å². The van der Waals surface area contributed by atoms with E-state index in [0.29, 0.717) is 31.3 Å². The summed E-state index contributed by atoms with van der Waals surface area (Å²) in [6.45, 7) is 24.0. The predicted molar refractivity (Wildman–Crippen MR) is 204 cm³/mol. The van der Waals surface area contributed by atoms with Crippen LogP contribution in [0.3, 0.4) is 0 Å². The van der Waals surface area contributed by atoms with Crippen LogP contribution < -0.4 is 11.5 Å². The van der Waals surface area contributed by atoms with Crippen LogP contribution in [0.15, 0.2) is 11.6 Å². The number of fused-ring (bicyclic) bond motifs is 5. The number of esters is 1. The Morgan fingerprint density at radius 1 is 0.918 bits per heavy atom. The Kier molecular flexibility index (Phi) is 13.3. The molecule has 0 aromatic carbocycles. The van der Waals surface area contributed by atoms with E-state index in [9.17, 15) is 9.59 Å². The molecular formula is C43H77N3O3. The summed E-state index contributed by atoms with van der Waals surface area (Å²) < 4.78 is 6.08. The monoisotopic (exact) mass is 684 g/mol. The molecule has 0 heterocycles. The van der Waals surface area contributed by atoms with E-state index < -0.39 is 0 Å². The summed E-state index contributed by atoms with van der Waals surface area (Å²) >= 11 is 0. The second-order valence-electron chi connectivity index (χ2n) is 19.7. The molecule has 4 aliphatic carbocycles. The van der Waals surface area contributed by atoms with Gasteiger partial charge in [0.2, 0.25) is 5.91 Å². The lowest BCUT2D eigenvalue weighted by molar-refractivity contribution is -0.153. The second kappa shape index (κ2) is 16.1. The third-order valence-electron chi connectivity index (χ3n) is 14.5. The highest BCUT2D eigenvalue weighted by Gasteiger charge is 2.59. The molecule has 4 rings (SSSR count). The molecule has 4 aliphatic rings. The van der Waals surface area contributed by atoms with Crippen LogP contribution in [0, 0.1) is 52.3 Å². The number of ether oxygens (including phenoxy) is 1. The first-order valence-electron chi connectivity index (χ1n) is 20.5. The van der Waals surface area contributed by atoms with Crippen molar-refractivity contribution in [3.63, 3.8) is 0 Å². The van der Waals surface area contributed by atoms with Gasteiger partial charge in [-0.05, 0) is 144 Å². The number of hydrogen-bond acceptors (Lipinski definition) is 5. The quantitative estimate of drug-likeness (QED) is 0.125. The summed E-state index contributed by atoms with van der Waals surface area (Å²) in [4.78, 5) is 28.1. The van der Waals surface area contributed by atoms with Crippen LogP contribution >= 0.6 is 0 Å². The summed E-state index contributed by atoms with van der Waals surface area (Å²) in [6.07, 6.45) is 18.0. The standard InChI is InChI=1S/C43H77N3O3/c1-11-31(29(2)3)13-12-30(4)35-16-17-36-34-15-14-32-28-33(20-22-42(32,9)37(34)21-23-43(35,36)10)49-39(48)19-18-38(47)46(26-24-40(5,6)44)27-25-41(7,8)45/h14,29-31,33-37H,11-13,15-28,44-45H2,1-10H3. The molecule has 0 spiro atoms. The highest BCUT2D eigenvalue weighted by atomic mass is 16.5. The summed E-state index contributed by atoms with van der Waals surface area (Å²) in [7, 11) is 0. The minimum Gasteiger partial charge on any atom is -0.462 e. The molecule has 0 radical (unpaired) electrons. The fourth-order valence-corrected chi connectivity index (χ4v) is 11.2. The van der Waals surface area contributed by atoms with E-state index in [1.807, 2.05) is 32.6 Å². The minimum atomic E-state index is -0.361. The zero-order valence-electron chi connectivity index (χ0n) is 33.5. The van der Waals surface area contributed by atoms with E-state index in [0.717, 1.165) is 60.7 Å². The Hall–Kier alpha value is -1.40. The van der Waals surface area contributed by atoms with Crippen molar-refractivity contribution >= 4 is 11.9 Å². The van der Waals surface area contributed by atoms with Gasteiger partial charge in [-0.2, -0.15) is 0 Å². The fourth-order valence-electron chi connectivity index (χ4n) is 11.2. The average Bonchev–Trinajstić information content (AvgIpc) is 3.36. The molecule has 6 heteroatoms. The van der Waals surface area contributed by atoms with Crippen LogP contribution in [0.5, 0.6) is 0 Å². The van der Waals surface area contributed by atoms with Crippen LogP contribution in [-0.4, -0.2) is 47.0 Å². The number of carbonyl (C=O) groups excluding carboxylic acids is 2. The zero-order chi connectivity index (χ0) is 36.4. The normalized spacial score (nSPS) is 32.8. The SMILES string of the molecule is CCC(CCC(C)C1CCC2C3CC=C4CC(OC(=O)CCC(=O)N(CCC(C)(C)N)CCC(C)(C)N)CCC4(C)C3CCC12C)C(C)C. The van der Waals surface area contributed by atoms with Gasteiger partial charge in [0.05, 0.1) is 6.42 Å². The molecule has 0 aromatic rings. The van der Waals surface area contributed by atoms with Crippen molar-refractivity contribution in [3.05, 3.63) is 11.6 Å². The average molecular weight is 684 g/mol. The first kappa shape index (κ1) is 40.4. The Morgan fingerprint density at radius 2 is 1.57 bits per heavy atom. The molecule has 0 bridgehead atoms. The van der Waals surface area contributed by atoms with Crippen molar-refractivity contribution in [1.82, 2.24) is 4.90 Å². The predicted octanol–water partition coefficient (Wildman–Crippen LogP) is 9.44. The van der Waals surface area contributed by atoms with Gasteiger partial charge in [-0.3, -0.25) is 9.59 Å². The molecule has 282 valence electrons. The van der Waals surface area contributed by atoms with Crippen LogP contribution in [-0.2, 0) is 14.3 Å². The summed E-state index contributed by atoms with van der Waals surface area (Å²) in [5.74, 6) is 5.49. The maximum absolute atomic E-state index is 13.2. The van der Waals surface area contributed by atoms with Crippen molar-refractivity contribution in [3.8, 4) is 0 Å². The molecule has 9 atom stereocenters. The van der Waals surface area contributed by atoms with Crippen molar-refractivity contribution in [2.75, 3.05) is 13.1 Å². The van der Waals surface area contributed by atoms with Crippen LogP contribution in [0.4, 0.5) is 0 Å². The largest absolute Gasteiger partial charge is 0.462 e. The van der Waals surface area contributed by atoms with Crippen molar-refractivity contribution in [2.24, 2.45) is 63.7 Å². The molecule has 4 N–H and O–H groups in total. The third kappa shape index (κ3) is 9.93. The molecule has 6 nitrogen and oxygen atoms in total. The van der Waals surface area contributed by atoms with E-state index in [1.165, 1.54) is 51.4 Å². The van der Waals surface area contributed by atoms with Gasteiger partial charge in [0.1, 0.15) is 6.10 Å². The van der Waals surface area contributed by atoms with E-state index in [4.69, 9.17) is 16.2 Å². The van der Waals surface area contributed by atoms with E-state index in [-0.39, 0.29) is 47.3 Å². The number of carbonyl (C=O) groups is 2. The lowest BCUT2D eigenvalue weighted by Gasteiger charge is -2.58. The smallest absolute Gasteiger partial charge is 0.306 e. The molecule has 1 amide bonds. The number of nitrogens with zero attached hydrogens (tertiary/aromatic N) is 1. The summed E-state index contributed by atoms with van der Waals surface area (Å²) in [5, 5.41) is 0. The topological polar surface area (TPSA) is 98.7 Å². The molecule has 0 aliphatic heterocycles. The van der Waals surface area contributed by atoms with Gasteiger partial charge in [0.15, 0.2) is 0 Å². The van der Waals surface area contributed by atoms with Crippen molar-refractivity contribution in [2.45, 2.75) is 183 Å². The third-order valence-corrected chi connectivity index (χ3v) is 14.5. The summed E-state index contributed by atoms with van der Waals surface area (Å²) in [5.41, 5.74) is 14.0. The minimum absolute atomic E-state index is 0.0174. The van der Waals surface area contributed by atoms with Crippen LogP contribution in [0.25, 0.3) is 0 Å². The lowest BCUT2D eigenvalue weighted by atomic mass is 9.47. The Morgan fingerprint density at radius 3 is 2.16 bits per heavy atom. The Labute approximate surface area is 301 Å². The van der Waals surface area contributed by atoms with Gasteiger partial charge < -0.3 is 21.1 Å². The molecule has 49 heavy (non-hydrogen) atoms. The maximum atomic E-state index is 13.2. The second-order valence-corrected chi connectivity index (χ2v) is 19.7. The maximum Gasteiger partial charge on any atom is 0.306 e. The van der Waals surface area contributed by atoms with Gasteiger partial charge in [0, 0.05) is 37.0 Å². The first-order chi connectivity index (χ1) is 22.8. The Bertz CT molecular complexity index is 1130. The van der Waals surface area contributed by atoms with E-state index in [2.05, 4.69) is 47.6 Å². The van der Waals surface area contributed by atoms with Gasteiger partial charge in [0.25, 0.3) is 0 Å². The number of amides is 1. The molecular weight excluding hydrogens is 606 g/mol. The molecule has 3 saturated carbocycles. The number of hydrogen-bond donors (Lipinski definition) is 2. The zero-order valence-corrected chi connectivity index (χ0v) is 33.5. The van der Waals surface area contributed by atoms with Crippen molar-refractivity contribution < 1.29 is 14.3 Å². The summed E-state index contributed by atoms with van der Waals surface area (Å²) in [6, 6.07) is 0.